The Morgan fingerprint density at radius 3 is 2.26 bits per heavy atom. The lowest BCUT2D eigenvalue weighted by molar-refractivity contribution is 0.281. The van der Waals surface area contributed by atoms with Crippen molar-refractivity contribution in [1.29, 1.82) is 0 Å². The monoisotopic (exact) mass is 259 g/mol. The molecule has 0 aliphatic heterocycles. The zero-order valence-corrected chi connectivity index (χ0v) is 11.8. The lowest BCUT2D eigenvalue weighted by Crippen LogP contribution is -2.21. The van der Waals surface area contributed by atoms with Crippen molar-refractivity contribution in [1.82, 2.24) is 9.78 Å². The summed E-state index contributed by atoms with van der Waals surface area (Å²) in [5.74, 6) is 0. The van der Waals surface area contributed by atoms with Crippen molar-refractivity contribution in [2.24, 2.45) is 0 Å². The summed E-state index contributed by atoms with van der Waals surface area (Å²) in [7, 11) is 0. The standard InChI is InChI=1S/C15H21N3O/c1-4-17(5-2)14-6-8-15(9-7-14)18-10-13(11-19)12(3)16-18/h6-10,19H,4-5,11H2,1-3H3. The molecule has 0 fully saturated rings. The molecule has 0 saturated heterocycles. The molecule has 0 saturated carbocycles. The third-order valence-electron chi connectivity index (χ3n) is 3.41. The number of nitrogens with zero attached hydrogens (tertiary/aromatic N) is 3. The van der Waals surface area contributed by atoms with Crippen molar-refractivity contribution in [2.75, 3.05) is 18.0 Å². The van der Waals surface area contributed by atoms with E-state index in [1.807, 2.05) is 17.8 Å². The minimum atomic E-state index is 0.0311. The Labute approximate surface area is 114 Å². The van der Waals surface area contributed by atoms with Crippen molar-refractivity contribution in [3.63, 3.8) is 0 Å². The van der Waals surface area contributed by atoms with Gasteiger partial charge in [0.05, 0.1) is 18.0 Å². The first-order valence-corrected chi connectivity index (χ1v) is 6.71. The van der Waals surface area contributed by atoms with E-state index in [1.54, 1.807) is 0 Å². The highest BCUT2D eigenvalue weighted by molar-refractivity contribution is 5.50. The Morgan fingerprint density at radius 1 is 1.16 bits per heavy atom. The van der Waals surface area contributed by atoms with Gasteiger partial charge in [-0.2, -0.15) is 5.10 Å². The zero-order valence-electron chi connectivity index (χ0n) is 11.8. The second kappa shape index (κ2) is 5.89. The van der Waals surface area contributed by atoms with Gasteiger partial charge in [-0.05, 0) is 45.0 Å². The number of aryl methyl sites for hydroxylation is 1. The lowest BCUT2D eigenvalue weighted by atomic mass is 10.2. The first kappa shape index (κ1) is 13.6. The van der Waals surface area contributed by atoms with Crippen LogP contribution in [0.25, 0.3) is 5.69 Å². The highest BCUT2D eigenvalue weighted by atomic mass is 16.3. The second-order valence-corrected chi connectivity index (χ2v) is 4.53. The molecule has 19 heavy (non-hydrogen) atoms. The molecular weight excluding hydrogens is 238 g/mol. The van der Waals surface area contributed by atoms with Crippen LogP contribution >= 0.6 is 0 Å². The van der Waals surface area contributed by atoms with Crippen molar-refractivity contribution in [2.45, 2.75) is 27.4 Å². The Kier molecular flexibility index (Phi) is 4.22. The summed E-state index contributed by atoms with van der Waals surface area (Å²) in [6.45, 7) is 8.26. The molecule has 1 heterocycles. The third kappa shape index (κ3) is 2.79. The maximum atomic E-state index is 9.20. The van der Waals surface area contributed by atoms with Crippen LogP contribution in [0, 0.1) is 6.92 Å². The number of aromatic nitrogens is 2. The number of hydrogen-bond donors (Lipinski definition) is 1. The number of hydrogen-bond acceptors (Lipinski definition) is 3. The van der Waals surface area contributed by atoms with Crippen LogP contribution in [0.15, 0.2) is 30.5 Å². The number of rotatable bonds is 5. The molecule has 0 unspecified atom stereocenters. The number of aliphatic hydroxyl groups is 1. The van der Waals surface area contributed by atoms with Gasteiger partial charge in [-0.3, -0.25) is 0 Å². The van der Waals surface area contributed by atoms with Gasteiger partial charge in [-0.1, -0.05) is 0 Å². The summed E-state index contributed by atoms with van der Waals surface area (Å²) in [6.07, 6.45) is 1.88. The average molecular weight is 259 g/mol. The summed E-state index contributed by atoms with van der Waals surface area (Å²) in [5.41, 5.74) is 3.97. The molecule has 0 aliphatic carbocycles. The molecular formula is C15H21N3O. The predicted octanol–water partition coefficient (Wildman–Crippen LogP) is 2.52. The van der Waals surface area contributed by atoms with E-state index in [9.17, 15) is 5.11 Å². The maximum Gasteiger partial charge on any atom is 0.0715 e. The van der Waals surface area contributed by atoms with Gasteiger partial charge in [0.25, 0.3) is 0 Å². The Bertz CT molecular complexity index is 527. The number of aliphatic hydroxyl groups excluding tert-OH is 1. The molecule has 2 aromatic rings. The summed E-state index contributed by atoms with van der Waals surface area (Å²) in [4.78, 5) is 2.30. The number of benzene rings is 1. The van der Waals surface area contributed by atoms with Crippen LogP contribution in [0.4, 0.5) is 5.69 Å². The van der Waals surface area contributed by atoms with E-state index in [1.165, 1.54) is 5.69 Å². The molecule has 1 N–H and O–H groups in total. The quantitative estimate of drug-likeness (QED) is 0.897. The van der Waals surface area contributed by atoms with Gasteiger partial charge < -0.3 is 10.0 Å². The Morgan fingerprint density at radius 2 is 1.79 bits per heavy atom. The van der Waals surface area contributed by atoms with Gasteiger partial charge in [-0.15, -0.1) is 0 Å². The van der Waals surface area contributed by atoms with E-state index in [4.69, 9.17) is 0 Å². The van der Waals surface area contributed by atoms with Crippen LogP contribution in [0.3, 0.4) is 0 Å². The van der Waals surface area contributed by atoms with Crippen LogP contribution in [0.1, 0.15) is 25.1 Å². The van der Waals surface area contributed by atoms with Crippen molar-refractivity contribution >= 4 is 5.69 Å². The van der Waals surface area contributed by atoms with Gasteiger partial charge in [0.2, 0.25) is 0 Å². The van der Waals surface area contributed by atoms with Crippen molar-refractivity contribution < 1.29 is 5.11 Å². The minimum Gasteiger partial charge on any atom is -0.392 e. The molecule has 4 nitrogen and oxygen atoms in total. The Balaban J connectivity index is 2.26. The second-order valence-electron chi connectivity index (χ2n) is 4.53. The van der Waals surface area contributed by atoms with Crippen LogP contribution in [0.5, 0.6) is 0 Å². The molecule has 0 radical (unpaired) electrons. The molecule has 0 atom stereocenters. The first-order valence-electron chi connectivity index (χ1n) is 6.71. The molecule has 0 amide bonds. The normalized spacial score (nSPS) is 10.7. The molecule has 0 aliphatic rings. The molecule has 1 aromatic carbocycles. The minimum absolute atomic E-state index is 0.0311. The van der Waals surface area contributed by atoms with Crippen molar-refractivity contribution in [3.05, 3.63) is 41.7 Å². The zero-order chi connectivity index (χ0) is 13.8. The highest BCUT2D eigenvalue weighted by Gasteiger charge is 2.06. The molecule has 2 rings (SSSR count). The van der Waals surface area contributed by atoms with Gasteiger partial charge in [-0.25, -0.2) is 4.68 Å². The summed E-state index contributed by atoms with van der Waals surface area (Å²) in [6, 6.07) is 8.33. The molecule has 0 bridgehead atoms. The fourth-order valence-electron chi connectivity index (χ4n) is 2.19. The van der Waals surface area contributed by atoms with Crippen LogP contribution in [-0.2, 0) is 6.61 Å². The highest BCUT2D eigenvalue weighted by Crippen LogP contribution is 2.18. The summed E-state index contributed by atoms with van der Waals surface area (Å²) >= 11 is 0. The van der Waals surface area contributed by atoms with Gasteiger partial charge >= 0.3 is 0 Å². The van der Waals surface area contributed by atoms with Crippen LogP contribution in [0.2, 0.25) is 0 Å². The lowest BCUT2D eigenvalue weighted by Gasteiger charge is -2.21. The van der Waals surface area contributed by atoms with Crippen LogP contribution < -0.4 is 4.90 Å². The molecule has 102 valence electrons. The van der Waals surface area contributed by atoms with Gasteiger partial charge in [0.1, 0.15) is 0 Å². The largest absolute Gasteiger partial charge is 0.392 e. The van der Waals surface area contributed by atoms with Gasteiger partial charge in [0.15, 0.2) is 0 Å². The smallest absolute Gasteiger partial charge is 0.0715 e. The maximum absolute atomic E-state index is 9.20. The summed E-state index contributed by atoms with van der Waals surface area (Å²) < 4.78 is 1.81. The fourth-order valence-corrected chi connectivity index (χ4v) is 2.19. The topological polar surface area (TPSA) is 41.3 Å². The Hall–Kier alpha value is -1.81. The summed E-state index contributed by atoms with van der Waals surface area (Å²) in [5, 5.41) is 13.6. The first-order chi connectivity index (χ1) is 9.19. The van der Waals surface area contributed by atoms with E-state index in [-0.39, 0.29) is 6.61 Å². The number of anilines is 1. The van der Waals surface area contributed by atoms with E-state index < -0.39 is 0 Å². The fraction of sp³-hybridized carbons (Fsp3) is 0.400. The SMILES string of the molecule is CCN(CC)c1ccc(-n2cc(CO)c(C)n2)cc1. The van der Waals surface area contributed by atoms with E-state index in [0.29, 0.717) is 0 Å². The van der Waals surface area contributed by atoms with E-state index in [2.05, 4.69) is 48.1 Å². The molecule has 4 heteroatoms. The van der Waals surface area contributed by atoms with Crippen molar-refractivity contribution in [3.8, 4) is 5.69 Å². The average Bonchev–Trinajstić information content (AvgIpc) is 2.82. The van der Waals surface area contributed by atoms with E-state index in [0.717, 1.165) is 30.0 Å². The molecule has 1 aromatic heterocycles. The third-order valence-corrected chi connectivity index (χ3v) is 3.41. The predicted molar refractivity (Wildman–Crippen MR) is 77.8 cm³/mol. The van der Waals surface area contributed by atoms with E-state index >= 15 is 0 Å². The molecule has 0 spiro atoms. The van der Waals surface area contributed by atoms with Crippen LogP contribution in [-0.4, -0.2) is 28.0 Å². The van der Waals surface area contributed by atoms with Gasteiger partial charge in [0, 0.05) is 30.5 Å².